The largest absolute Gasteiger partial charge is 0.488 e. The Balaban J connectivity index is 1.80. The highest BCUT2D eigenvalue weighted by Gasteiger charge is 2.17. The minimum atomic E-state index is 0.215. The third-order valence-electron chi connectivity index (χ3n) is 3.23. The summed E-state index contributed by atoms with van der Waals surface area (Å²) >= 11 is 0. The predicted molar refractivity (Wildman–Crippen MR) is 75.9 cm³/mol. The lowest BCUT2D eigenvalue weighted by molar-refractivity contribution is 0.173. The van der Waals surface area contributed by atoms with E-state index in [4.69, 9.17) is 25.2 Å². The van der Waals surface area contributed by atoms with Crippen molar-refractivity contribution >= 4 is 0 Å². The molecule has 0 bridgehead atoms. The maximum atomic E-state index is 8.90. The minimum absolute atomic E-state index is 0.215. The zero-order valence-electron chi connectivity index (χ0n) is 11.3. The lowest BCUT2D eigenvalue weighted by Gasteiger charge is -2.11. The third-order valence-corrected chi connectivity index (χ3v) is 3.23. The van der Waals surface area contributed by atoms with Crippen molar-refractivity contribution in [1.82, 2.24) is 0 Å². The first-order valence-corrected chi connectivity index (χ1v) is 6.54. The van der Waals surface area contributed by atoms with Crippen LogP contribution in [0.25, 0.3) is 0 Å². The molecule has 0 amide bonds. The quantitative estimate of drug-likeness (QED) is 0.931. The van der Waals surface area contributed by atoms with Crippen LogP contribution in [0.4, 0.5) is 0 Å². The van der Waals surface area contributed by atoms with Crippen molar-refractivity contribution in [3.05, 3.63) is 53.1 Å². The summed E-state index contributed by atoms with van der Waals surface area (Å²) in [7, 11) is 0. The molecule has 1 aliphatic rings. The Hall–Kier alpha value is -2.71. The van der Waals surface area contributed by atoms with E-state index in [0.29, 0.717) is 36.0 Å². The molecular formula is C16H14N2O3. The van der Waals surface area contributed by atoms with Crippen LogP contribution in [0.1, 0.15) is 16.7 Å². The molecule has 0 spiro atoms. The second-order valence-electron chi connectivity index (χ2n) is 4.62. The van der Waals surface area contributed by atoms with Gasteiger partial charge in [0.05, 0.1) is 11.6 Å². The van der Waals surface area contributed by atoms with Gasteiger partial charge in [-0.05, 0) is 23.8 Å². The summed E-state index contributed by atoms with van der Waals surface area (Å²) in [5.41, 5.74) is 8.13. The Bertz CT molecular complexity index is 707. The molecule has 0 aromatic heterocycles. The van der Waals surface area contributed by atoms with Crippen LogP contribution < -0.4 is 19.9 Å². The molecule has 0 unspecified atom stereocenters. The molecular weight excluding hydrogens is 268 g/mol. The third kappa shape index (κ3) is 2.76. The Morgan fingerprint density at radius 2 is 2.00 bits per heavy atom. The van der Waals surface area contributed by atoms with Gasteiger partial charge in [-0.25, -0.2) is 0 Å². The van der Waals surface area contributed by atoms with Crippen molar-refractivity contribution in [2.45, 2.75) is 13.2 Å². The van der Waals surface area contributed by atoms with Crippen LogP contribution >= 0.6 is 0 Å². The smallest absolute Gasteiger partial charge is 0.231 e. The summed E-state index contributed by atoms with van der Waals surface area (Å²) < 4.78 is 16.5. The van der Waals surface area contributed by atoms with E-state index in [1.165, 1.54) is 0 Å². The van der Waals surface area contributed by atoms with Crippen LogP contribution in [0.15, 0.2) is 36.4 Å². The summed E-state index contributed by atoms with van der Waals surface area (Å²) in [6, 6.07) is 13.0. The van der Waals surface area contributed by atoms with Crippen LogP contribution in [0, 0.1) is 11.3 Å². The minimum Gasteiger partial charge on any atom is -0.488 e. The number of hydrogen-bond acceptors (Lipinski definition) is 5. The Labute approximate surface area is 122 Å². The van der Waals surface area contributed by atoms with Crippen molar-refractivity contribution in [2.24, 2.45) is 5.73 Å². The average molecular weight is 282 g/mol. The summed E-state index contributed by atoms with van der Waals surface area (Å²) in [6.45, 7) is 0.930. The summed E-state index contributed by atoms with van der Waals surface area (Å²) in [5.74, 6) is 2.02. The summed E-state index contributed by atoms with van der Waals surface area (Å²) in [4.78, 5) is 0. The van der Waals surface area contributed by atoms with Gasteiger partial charge in [0.2, 0.25) is 6.79 Å². The molecule has 0 atom stereocenters. The molecule has 1 aliphatic heterocycles. The van der Waals surface area contributed by atoms with Crippen molar-refractivity contribution in [3.63, 3.8) is 0 Å². The number of benzene rings is 2. The van der Waals surface area contributed by atoms with E-state index in [0.717, 1.165) is 11.1 Å². The molecule has 0 aliphatic carbocycles. The van der Waals surface area contributed by atoms with Gasteiger partial charge >= 0.3 is 0 Å². The Morgan fingerprint density at radius 3 is 2.76 bits per heavy atom. The topological polar surface area (TPSA) is 77.5 Å². The van der Waals surface area contributed by atoms with Crippen molar-refractivity contribution in [1.29, 1.82) is 5.26 Å². The normalized spacial score (nSPS) is 12.0. The van der Waals surface area contributed by atoms with Crippen molar-refractivity contribution < 1.29 is 14.2 Å². The highest BCUT2D eigenvalue weighted by molar-refractivity contribution is 5.51. The van der Waals surface area contributed by atoms with Gasteiger partial charge in [0.15, 0.2) is 11.5 Å². The maximum absolute atomic E-state index is 8.90. The zero-order chi connectivity index (χ0) is 14.7. The predicted octanol–water partition coefficient (Wildman–Crippen LogP) is 2.32. The van der Waals surface area contributed by atoms with Crippen LogP contribution in [-0.2, 0) is 13.2 Å². The van der Waals surface area contributed by atoms with Gasteiger partial charge in [0.25, 0.3) is 0 Å². The van der Waals surface area contributed by atoms with Gasteiger partial charge in [0, 0.05) is 18.2 Å². The van der Waals surface area contributed by atoms with Crippen LogP contribution in [0.3, 0.4) is 0 Å². The van der Waals surface area contributed by atoms with E-state index in [2.05, 4.69) is 6.07 Å². The van der Waals surface area contributed by atoms with Gasteiger partial charge in [-0.15, -0.1) is 0 Å². The first kappa shape index (κ1) is 13.3. The van der Waals surface area contributed by atoms with Gasteiger partial charge in [-0.2, -0.15) is 5.26 Å². The highest BCUT2D eigenvalue weighted by Crippen LogP contribution is 2.38. The van der Waals surface area contributed by atoms with Gasteiger partial charge < -0.3 is 19.9 Å². The van der Waals surface area contributed by atoms with E-state index in [-0.39, 0.29) is 6.79 Å². The molecule has 5 heteroatoms. The van der Waals surface area contributed by atoms with Crippen LogP contribution in [-0.4, -0.2) is 6.79 Å². The summed E-state index contributed by atoms with van der Waals surface area (Å²) in [6.07, 6.45) is 0. The fourth-order valence-corrected chi connectivity index (χ4v) is 2.15. The molecule has 2 aromatic rings. The molecule has 2 aromatic carbocycles. The number of fused-ring (bicyclic) bond motifs is 1. The van der Waals surface area contributed by atoms with Crippen LogP contribution in [0.5, 0.6) is 17.2 Å². The molecule has 5 nitrogen and oxygen atoms in total. The van der Waals surface area contributed by atoms with E-state index >= 15 is 0 Å². The monoisotopic (exact) mass is 282 g/mol. The zero-order valence-corrected chi connectivity index (χ0v) is 11.3. The highest BCUT2D eigenvalue weighted by atomic mass is 16.7. The molecule has 21 heavy (non-hydrogen) atoms. The number of rotatable bonds is 4. The molecule has 0 fully saturated rings. The standard InChI is InChI=1S/C16H14N2O3/c17-7-11-2-1-3-12(4-11)9-19-14-6-16-15(20-10-21-16)5-13(14)8-18/h1-6H,8-10,18H2. The number of nitrogens with two attached hydrogens (primary N) is 1. The van der Waals surface area contributed by atoms with E-state index in [1.807, 2.05) is 18.2 Å². The molecule has 3 rings (SSSR count). The number of ether oxygens (including phenoxy) is 3. The molecule has 0 saturated heterocycles. The first-order valence-electron chi connectivity index (χ1n) is 6.54. The molecule has 106 valence electrons. The maximum Gasteiger partial charge on any atom is 0.231 e. The molecule has 2 N–H and O–H groups in total. The van der Waals surface area contributed by atoms with Crippen molar-refractivity contribution in [3.8, 4) is 23.3 Å². The summed E-state index contributed by atoms with van der Waals surface area (Å²) in [5, 5.41) is 8.90. The van der Waals surface area contributed by atoms with Gasteiger partial charge in [0.1, 0.15) is 12.4 Å². The second kappa shape index (κ2) is 5.73. The fraction of sp³-hybridized carbons (Fsp3) is 0.188. The first-order chi connectivity index (χ1) is 10.3. The number of nitriles is 1. The van der Waals surface area contributed by atoms with E-state index in [9.17, 15) is 0 Å². The van der Waals surface area contributed by atoms with E-state index in [1.54, 1.807) is 18.2 Å². The van der Waals surface area contributed by atoms with Gasteiger partial charge in [-0.1, -0.05) is 12.1 Å². The number of nitrogens with zero attached hydrogens (tertiary/aromatic N) is 1. The molecule has 1 heterocycles. The van der Waals surface area contributed by atoms with Crippen molar-refractivity contribution in [2.75, 3.05) is 6.79 Å². The lowest BCUT2D eigenvalue weighted by atomic mass is 10.1. The number of hydrogen-bond donors (Lipinski definition) is 1. The Morgan fingerprint density at radius 1 is 1.19 bits per heavy atom. The SMILES string of the molecule is N#Cc1cccc(COc2cc3c(cc2CN)OCO3)c1. The fourth-order valence-electron chi connectivity index (χ4n) is 2.15. The second-order valence-corrected chi connectivity index (χ2v) is 4.62. The Kier molecular flexibility index (Phi) is 3.63. The molecule has 0 saturated carbocycles. The van der Waals surface area contributed by atoms with E-state index < -0.39 is 0 Å². The van der Waals surface area contributed by atoms with Crippen LogP contribution in [0.2, 0.25) is 0 Å². The average Bonchev–Trinajstić information content (AvgIpc) is 2.99. The molecule has 0 radical (unpaired) electrons. The lowest BCUT2D eigenvalue weighted by Crippen LogP contribution is -2.03. The van der Waals surface area contributed by atoms with Gasteiger partial charge in [-0.3, -0.25) is 0 Å².